The van der Waals surface area contributed by atoms with Crippen LogP contribution in [0, 0.1) is 5.92 Å². The lowest BCUT2D eigenvalue weighted by atomic mass is 10.1. The van der Waals surface area contributed by atoms with Gasteiger partial charge >= 0.3 is 17.9 Å². The van der Waals surface area contributed by atoms with Gasteiger partial charge in [0.1, 0.15) is 0 Å². The molecule has 1 aromatic rings. The highest BCUT2D eigenvalue weighted by Gasteiger charge is 2.29. The summed E-state index contributed by atoms with van der Waals surface area (Å²) >= 11 is 0. The fraction of sp³-hybridized carbons (Fsp3) is 0.438. The summed E-state index contributed by atoms with van der Waals surface area (Å²) < 4.78 is 9.63. The molecule has 23 heavy (non-hydrogen) atoms. The molecule has 0 heterocycles. The van der Waals surface area contributed by atoms with E-state index in [1.807, 2.05) is 13.8 Å². The van der Waals surface area contributed by atoms with Crippen LogP contribution in [0.25, 0.3) is 0 Å². The quantitative estimate of drug-likeness (QED) is 0.694. The normalized spacial score (nSPS) is 13.2. The molecule has 0 spiro atoms. The van der Waals surface area contributed by atoms with E-state index in [0.717, 1.165) is 0 Å². The molecule has 0 aliphatic heterocycles. The van der Waals surface area contributed by atoms with Crippen molar-refractivity contribution in [2.45, 2.75) is 32.5 Å². The van der Waals surface area contributed by atoms with Crippen LogP contribution in [0.2, 0.25) is 0 Å². The Morgan fingerprint density at radius 3 is 2.26 bits per heavy atom. The van der Waals surface area contributed by atoms with Crippen LogP contribution in [0.1, 0.15) is 31.9 Å². The third-order valence-electron chi connectivity index (χ3n) is 2.77. The van der Waals surface area contributed by atoms with Gasteiger partial charge in [0.2, 0.25) is 6.10 Å². The van der Waals surface area contributed by atoms with Gasteiger partial charge in [-0.3, -0.25) is 4.79 Å². The van der Waals surface area contributed by atoms with E-state index < -0.39 is 36.5 Å². The summed E-state index contributed by atoms with van der Waals surface area (Å²) in [6, 6.07) is 7.84. The zero-order valence-electron chi connectivity index (χ0n) is 13.0. The molecule has 0 aliphatic carbocycles. The number of hydrogen-bond donors (Lipinski definition) is 2. The van der Waals surface area contributed by atoms with Crippen molar-refractivity contribution >= 4 is 17.9 Å². The molecule has 126 valence electrons. The molecule has 1 aromatic carbocycles. The number of carbonyl (C=O) groups excluding carboxylic acids is 2. The molecule has 7 nitrogen and oxygen atoms in total. The maximum Gasteiger partial charge on any atom is 0.349 e. The Bertz CT molecular complexity index is 539. The number of aliphatic hydroxyl groups excluding tert-OH is 1. The molecule has 0 radical (unpaired) electrons. The fourth-order valence-corrected chi connectivity index (χ4v) is 1.64. The summed E-state index contributed by atoms with van der Waals surface area (Å²) in [5.41, 5.74) is 0.253. The molecule has 0 saturated heterocycles. The van der Waals surface area contributed by atoms with Gasteiger partial charge in [-0.15, -0.1) is 0 Å². The SMILES string of the molecule is CC(C)COC(=O)C[C@H](O)C(=O)O[C@H](C(=O)O)c1ccccc1. The lowest BCUT2D eigenvalue weighted by Crippen LogP contribution is -2.30. The van der Waals surface area contributed by atoms with Crippen LogP contribution in [0.15, 0.2) is 30.3 Å². The molecule has 0 bridgehead atoms. The van der Waals surface area contributed by atoms with Crippen LogP contribution < -0.4 is 0 Å². The van der Waals surface area contributed by atoms with Crippen molar-refractivity contribution in [2.24, 2.45) is 5.92 Å². The summed E-state index contributed by atoms with van der Waals surface area (Å²) in [4.78, 5) is 34.4. The Kier molecular flexibility index (Phi) is 7.21. The molecular weight excluding hydrogens is 304 g/mol. The van der Waals surface area contributed by atoms with Crippen molar-refractivity contribution in [1.82, 2.24) is 0 Å². The number of hydrogen-bond acceptors (Lipinski definition) is 6. The van der Waals surface area contributed by atoms with Gasteiger partial charge in [-0.05, 0) is 5.92 Å². The zero-order chi connectivity index (χ0) is 17.4. The molecule has 1 rings (SSSR count). The Labute approximate surface area is 133 Å². The first-order chi connectivity index (χ1) is 10.8. The van der Waals surface area contributed by atoms with Crippen LogP contribution in [0.4, 0.5) is 0 Å². The molecule has 0 aromatic heterocycles. The van der Waals surface area contributed by atoms with Crippen LogP contribution in [0.3, 0.4) is 0 Å². The van der Waals surface area contributed by atoms with Crippen molar-refractivity contribution in [3.8, 4) is 0 Å². The van der Waals surface area contributed by atoms with E-state index in [1.165, 1.54) is 12.1 Å². The van der Waals surface area contributed by atoms with Crippen LogP contribution >= 0.6 is 0 Å². The van der Waals surface area contributed by atoms with Crippen molar-refractivity contribution in [3.05, 3.63) is 35.9 Å². The van der Waals surface area contributed by atoms with Crippen molar-refractivity contribution in [1.29, 1.82) is 0 Å². The minimum atomic E-state index is -1.78. The van der Waals surface area contributed by atoms with Crippen LogP contribution in [0.5, 0.6) is 0 Å². The van der Waals surface area contributed by atoms with Crippen LogP contribution in [-0.4, -0.2) is 40.8 Å². The smallest absolute Gasteiger partial charge is 0.349 e. The highest BCUT2D eigenvalue weighted by Crippen LogP contribution is 2.18. The average Bonchev–Trinajstić information content (AvgIpc) is 2.50. The number of carbonyl (C=O) groups is 3. The molecule has 2 atom stereocenters. The number of ether oxygens (including phenoxy) is 2. The highest BCUT2D eigenvalue weighted by atomic mass is 16.6. The Morgan fingerprint density at radius 1 is 1.13 bits per heavy atom. The number of aliphatic hydroxyl groups is 1. The predicted octanol–water partition coefficient (Wildman–Crippen LogP) is 1.31. The van der Waals surface area contributed by atoms with Gasteiger partial charge in [0.15, 0.2) is 6.10 Å². The minimum absolute atomic E-state index is 0.123. The average molecular weight is 324 g/mol. The third-order valence-corrected chi connectivity index (χ3v) is 2.77. The van der Waals surface area contributed by atoms with Crippen molar-refractivity contribution in [3.63, 3.8) is 0 Å². The molecule has 7 heteroatoms. The molecule has 0 saturated carbocycles. The lowest BCUT2D eigenvalue weighted by Gasteiger charge is -2.16. The van der Waals surface area contributed by atoms with E-state index in [-0.39, 0.29) is 18.1 Å². The molecule has 2 N–H and O–H groups in total. The Morgan fingerprint density at radius 2 is 1.74 bits per heavy atom. The fourth-order valence-electron chi connectivity index (χ4n) is 1.64. The number of carboxylic acids is 1. The largest absolute Gasteiger partial charge is 0.478 e. The standard InChI is InChI=1S/C16H20O7/c1-10(2)9-22-13(18)8-12(17)16(21)23-14(15(19)20)11-6-4-3-5-7-11/h3-7,10,12,14,17H,8-9H2,1-2H3,(H,19,20)/t12-,14-/m0/s1. The maximum atomic E-state index is 11.8. The molecule has 0 aliphatic rings. The van der Waals surface area contributed by atoms with E-state index in [0.29, 0.717) is 0 Å². The van der Waals surface area contributed by atoms with E-state index in [9.17, 15) is 19.5 Å². The second-order valence-electron chi connectivity index (χ2n) is 5.36. The van der Waals surface area contributed by atoms with Gasteiger partial charge in [0, 0.05) is 5.56 Å². The highest BCUT2D eigenvalue weighted by molar-refractivity contribution is 5.84. The lowest BCUT2D eigenvalue weighted by molar-refractivity contribution is -0.172. The van der Waals surface area contributed by atoms with E-state index in [2.05, 4.69) is 0 Å². The summed E-state index contributed by atoms with van der Waals surface area (Å²) in [7, 11) is 0. The van der Waals surface area contributed by atoms with E-state index >= 15 is 0 Å². The summed E-state index contributed by atoms with van der Waals surface area (Å²) in [5.74, 6) is -3.20. The summed E-state index contributed by atoms with van der Waals surface area (Å²) in [6.45, 7) is 3.85. The first-order valence-corrected chi connectivity index (χ1v) is 7.13. The van der Waals surface area contributed by atoms with Gasteiger partial charge in [-0.25, -0.2) is 9.59 Å². The first-order valence-electron chi connectivity index (χ1n) is 7.13. The second kappa shape index (κ2) is 8.89. The van der Waals surface area contributed by atoms with Gasteiger partial charge in [0.25, 0.3) is 0 Å². The van der Waals surface area contributed by atoms with E-state index in [1.54, 1.807) is 18.2 Å². The molecule has 0 unspecified atom stereocenters. The molecule has 0 fully saturated rings. The van der Waals surface area contributed by atoms with Crippen molar-refractivity contribution < 1.29 is 34.1 Å². The second-order valence-corrected chi connectivity index (χ2v) is 5.36. The van der Waals surface area contributed by atoms with Crippen LogP contribution in [-0.2, 0) is 23.9 Å². The zero-order valence-corrected chi connectivity index (χ0v) is 13.0. The summed E-state index contributed by atoms with van der Waals surface area (Å²) in [6.07, 6.45) is -3.92. The maximum absolute atomic E-state index is 11.8. The monoisotopic (exact) mass is 324 g/mol. The Balaban J connectivity index is 2.61. The van der Waals surface area contributed by atoms with Gasteiger partial charge < -0.3 is 19.7 Å². The predicted molar refractivity (Wildman–Crippen MR) is 79.3 cm³/mol. The van der Waals surface area contributed by atoms with Gasteiger partial charge in [-0.1, -0.05) is 44.2 Å². The van der Waals surface area contributed by atoms with Gasteiger partial charge in [0.05, 0.1) is 13.0 Å². The number of aliphatic carboxylic acids is 1. The number of esters is 2. The van der Waals surface area contributed by atoms with E-state index in [4.69, 9.17) is 14.6 Å². The number of rotatable bonds is 8. The third kappa shape index (κ3) is 6.48. The Hall–Kier alpha value is -2.41. The van der Waals surface area contributed by atoms with Crippen molar-refractivity contribution in [2.75, 3.05) is 6.61 Å². The molecule has 0 amide bonds. The minimum Gasteiger partial charge on any atom is -0.478 e. The topological polar surface area (TPSA) is 110 Å². The molecular formula is C16H20O7. The van der Waals surface area contributed by atoms with Gasteiger partial charge in [-0.2, -0.15) is 0 Å². The first kappa shape index (κ1) is 18.6. The number of carboxylic acid groups (broad SMARTS) is 1. The number of benzene rings is 1. The summed E-state index contributed by atoms with van der Waals surface area (Å²) in [5, 5.41) is 18.8.